The zero-order valence-electron chi connectivity index (χ0n) is 23.9. The lowest BCUT2D eigenvalue weighted by Crippen LogP contribution is -2.45. The van der Waals surface area contributed by atoms with Crippen LogP contribution < -0.4 is 10.5 Å². The van der Waals surface area contributed by atoms with Crippen LogP contribution in [0, 0.1) is 12.7 Å². The Morgan fingerprint density at radius 3 is 2.47 bits per heavy atom. The third kappa shape index (κ3) is 5.58. The minimum Gasteiger partial charge on any atom is -0.372 e. The Balaban J connectivity index is 1.48. The van der Waals surface area contributed by atoms with Gasteiger partial charge in [-0.25, -0.2) is 21.8 Å². The van der Waals surface area contributed by atoms with Crippen molar-refractivity contribution in [1.29, 1.82) is 0 Å². The molecule has 2 aromatic carbocycles. The average molecular weight is 621 g/mol. The standard InChI is InChI=1S/C32H30ClFN4O4S/c1-20-7-9-26(10-8-20)43(40,41)38-19-28(27-14-25(15-35-32(27)38)37-16-21(2)42-22(3)17-37)23-11-12-36(30(39)13-23)18-24-5-4-6-29(33)31(24)34/h4-15,19,21-22H,16-18H2,1-3H3/t21-,22-/m0/s1. The number of hydrogen-bond donors (Lipinski definition) is 0. The van der Waals surface area contributed by atoms with Crippen LogP contribution in [0.25, 0.3) is 22.2 Å². The van der Waals surface area contributed by atoms with E-state index in [1.54, 1.807) is 54.9 Å². The summed E-state index contributed by atoms with van der Waals surface area (Å²) in [6.07, 6.45) is 4.79. The van der Waals surface area contributed by atoms with Gasteiger partial charge in [-0.3, -0.25) is 4.79 Å². The summed E-state index contributed by atoms with van der Waals surface area (Å²) >= 11 is 5.93. The fourth-order valence-electron chi connectivity index (χ4n) is 5.53. The summed E-state index contributed by atoms with van der Waals surface area (Å²) in [6.45, 7) is 7.22. The van der Waals surface area contributed by atoms with Crippen molar-refractivity contribution in [2.75, 3.05) is 18.0 Å². The van der Waals surface area contributed by atoms with Crippen molar-refractivity contribution < 1.29 is 17.5 Å². The van der Waals surface area contributed by atoms with Crippen LogP contribution in [0.5, 0.6) is 0 Å². The Labute approximate surface area is 254 Å². The van der Waals surface area contributed by atoms with Gasteiger partial charge in [0, 0.05) is 48.1 Å². The van der Waals surface area contributed by atoms with Gasteiger partial charge in [-0.2, -0.15) is 0 Å². The van der Waals surface area contributed by atoms with Gasteiger partial charge in [0.1, 0.15) is 5.82 Å². The van der Waals surface area contributed by atoms with Crippen LogP contribution in [0.1, 0.15) is 25.0 Å². The second kappa shape index (κ2) is 11.3. The van der Waals surface area contributed by atoms with Crippen LogP contribution in [-0.4, -0.2) is 47.2 Å². The maximum absolute atomic E-state index is 14.5. The molecular formula is C32H30ClFN4O4S. The lowest BCUT2D eigenvalue weighted by atomic mass is 10.1. The van der Waals surface area contributed by atoms with Crippen LogP contribution in [0.15, 0.2) is 88.9 Å². The van der Waals surface area contributed by atoms with Crippen LogP contribution in [0.4, 0.5) is 10.1 Å². The number of anilines is 1. The van der Waals surface area contributed by atoms with Gasteiger partial charge in [-0.05, 0) is 56.7 Å². The third-order valence-corrected chi connectivity index (χ3v) is 9.60. The van der Waals surface area contributed by atoms with E-state index in [0.29, 0.717) is 29.6 Å². The summed E-state index contributed by atoms with van der Waals surface area (Å²) in [5, 5.41) is 0.565. The summed E-state index contributed by atoms with van der Waals surface area (Å²) in [5.74, 6) is -0.574. The number of aryl methyl sites for hydroxylation is 1. The smallest absolute Gasteiger partial charge is 0.269 e. The number of morpholine rings is 1. The topological polar surface area (TPSA) is 86.4 Å². The maximum Gasteiger partial charge on any atom is 0.269 e. The number of benzene rings is 2. The lowest BCUT2D eigenvalue weighted by Gasteiger charge is -2.36. The van der Waals surface area contributed by atoms with Gasteiger partial charge < -0.3 is 14.2 Å². The summed E-state index contributed by atoms with van der Waals surface area (Å²) < 4.78 is 50.7. The van der Waals surface area contributed by atoms with Crippen LogP contribution in [-0.2, 0) is 21.3 Å². The predicted molar refractivity (Wildman–Crippen MR) is 166 cm³/mol. The van der Waals surface area contributed by atoms with Crippen LogP contribution in [0.3, 0.4) is 0 Å². The molecule has 8 nitrogen and oxygen atoms in total. The maximum atomic E-state index is 14.5. The lowest BCUT2D eigenvalue weighted by molar-refractivity contribution is -0.00522. The number of ether oxygens (including phenoxy) is 1. The first-order valence-corrected chi connectivity index (χ1v) is 15.7. The Morgan fingerprint density at radius 1 is 1.05 bits per heavy atom. The Bertz CT molecular complexity index is 2000. The van der Waals surface area contributed by atoms with Crippen molar-refractivity contribution in [2.45, 2.75) is 44.4 Å². The Kier molecular flexibility index (Phi) is 7.62. The van der Waals surface area contributed by atoms with E-state index in [1.165, 1.54) is 26.9 Å². The van der Waals surface area contributed by atoms with Crippen LogP contribution >= 0.6 is 11.6 Å². The molecule has 1 saturated heterocycles. The first kappa shape index (κ1) is 29.1. The fraction of sp³-hybridized carbons (Fsp3) is 0.250. The fourth-order valence-corrected chi connectivity index (χ4v) is 7.05. The third-order valence-electron chi connectivity index (χ3n) is 7.64. The van der Waals surface area contributed by atoms with Gasteiger partial charge in [0.15, 0.2) is 5.65 Å². The summed E-state index contributed by atoms with van der Waals surface area (Å²) in [4.78, 5) is 20.2. The van der Waals surface area contributed by atoms with Crippen molar-refractivity contribution in [3.05, 3.63) is 112 Å². The van der Waals surface area contributed by atoms with Crippen molar-refractivity contribution in [1.82, 2.24) is 13.5 Å². The normalized spacial score (nSPS) is 17.5. The molecule has 0 unspecified atom stereocenters. The highest BCUT2D eigenvalue weighted by atomic mass is 35.5. The number of halogens is 2. The molecule has 0 bridgehead atoms. The molecule has 222 valence electrons. The van der Waals surface area contributed by atoms with Gasteiger partial charge in [-0.1, -0.05) is 41.4 Å². The first-order chi connectivity index (χ1) is 20.5. The molecule has 4 heterocycles. The van der Waals surface area contributed by atoms with E-state index in [0.717, 1.165) is 11.3 Å². The van der Waals surface area contributed by atoms with Gasteiger partial charge in [0.2, 0.25) is 0 Å². The molecule has 11 heteroatoms. The molecule has 0 N–H and O–H groups in total. The van der Waals surface area contributed by atoms with E-state index in [4.69, 9.17) is 16.3 Å². The molecule has 1 fully saturated rings. The van der Waals surface area contributed by atoms with E-state index < -0.39 is 15.8 Å². The number of aromatic nitrogens is 3. The van der Waals surface area contributed by atoms with Gasteiger partial charge in [-0.15, -0.1) is 0 Å². The molecule has 0 saturated carbocycles. The van der Waals surface area contributed by atoms with Gasteiger partial charge >= 0.3 is 0 Å². The van der Waals surface area contributed by atoms with E-state index >= 15 is 0 Å². The summed E-state index contributed by atoms with van der Waals surface area (Å²) in [7, 11) is -4.01. The molecule has 1 aliphatic rings. The van der Waals surface area contributed by atoms with Crippen molar-refractivity contribution in [3.8, 4) is 11.1 Å². The molecule has 0 amide bonds. The van der Waals surface area contributed by atoms with E-state index in [-0.39, 0.29) is 45.4 Å². The predicted octanol–water partition coefficient (Wildman–Crippen LogP) is 5.86. The average Bonchev–Trinajstić information content (AvgIpc) is 3.36. The number of pyridine rings is 2. The summed E-state index contributed by atoms with van der Waals surface area (Å²) in [6, 6.07) is 16.3. The van der Waals surface area contributed by atoms with Gasteiger partial charge in [0.25, 0.3) is 15.6 Å². The molecule has 0 spiro atoms. The zero-order chi connectivity index (χ0) is 30.5. The van der Waals surface area contributed by atoms with Crippen molar-refractivity contribution >= 4 is 38.3 Å². The molecule has 6 rings (SSSR count). The largest absolute Gasteiger partial charge is 0.372 e. The van der Waals surface area contributed by atoms with E-state index in [9.17, 15) is 17.6 Å². The molecule has 5 aromatic rings. The molecule has 0 radical (unpaired) electrons. The van der Waals surface area contributed by atoms with Crippen molar-refractivity contribution in [3.63, 3.8) is 0 Å². The summed E-state index contributed by atoms with van der Waals surface area (Å²) in [5.41, 5.74) is 2.97. The SMILES string of the molecule is Cc1ccc(S(=O)(=O)n2cc(-c3ccn(Cc4cccc(Cl)c4F)c(=O)c3)c3cc(N4C[C@H](C)O[C@@H](C)C4)cnc32)cc1. The number of hydrogen-bond acceptors (Lipinski definition) is 6. The monoisotopic (exact) mass is 620 g/mol. The molecule has 3 aromatic heterocycles. The first-order valence-electron chi connectivity index (χ1n) is 13.9. The van der Waals surface area contributed by atoms with Crippen molar-refractivity contribution in [2.24, 2.45) is 0 Å². The minimum absolute atomic E-state index is 0.00578. The number of fused-ring (bicyclic) bond motifs is 1. The second-order valence-electron chi connectivity index (χ2n) is 11.0. The second-order valence-corrected chi connectivity index (χ2v) is 13.2. The highest BCUT2D eigenvalue weighted by molar-refractivity contribution is 7.90. The van der Waals surface area contributed by atoms with E-state index in [2.05, 4.69) is 9.88 Å². The Morgan fingerprint density at radius 2 is 1.77 bits per heavy atom. The van der Waals surface area contributed by atoms with E-state index in [1.807, 2.05) is 26.8 Å². The molecular weight excluding hydrogens is 591 g/mol. The molecule has 0 aliphatic carbocycles. The molecule has 1 aliphatic heterocycles. The highest BCUT2D eigenvalue weighted by Gasteiger charge is 2.26. The Hall–Kier alpha value is -3.99. The minimum atomic E-state index is -4.01. The quantitative estimate of drug-likeness (QED) is 0.236. The molecule has 43 heavy (non-hydrogen) atoms. The number of nitrogens with zero attached hydrogens (tertiary/aromatic N) is 4. The van der Waals surface area contributed by atoms with Gasteiger partial charge in [0.05, 0.1) is 40.6 Å². The van der Waals surface area contributed by atoms with Crippen LogP contribution in [0.2, 0.25) is 5.02 Å². The zero-order valence-corrected chi connectivity index (χ0v) is 25.4. The highest BCUT2D eigenvalue weighted by Crippen LogP contribution is 2.34. The number of rotatable bonds is 6. The molecule has 2 atom stereocenters.